The Labute approximate surface area is 248 Å². The summed E-state index contributed by atoms with van der Waals surface area (Å²) < 4.78 is 20.9. The van der Waals surface area contributed by atoms with Crippen molar-refractivity contribution in [2.45, 2.75) is 32.4 Å². The number of nitrogens with zero attached hydrogens (tertiary/aromatic N) is 8. The molecule has 0 radical (unpaired) electrons. The van der Waals surface area contributed by atoms with E-state index in [4.69, 9.17) is 15.1 Å². The van der Waals surface area contributed by atoms with Crippen molar-refractivity contribution >= 4 is 38.5 Å². The van der Waals surface area contributed by atoms with Gasteiger partial charge in [-0.2, -0.15) is 10.4 Å². The van der Waals surface area contributed by atoms with E-state index < -0.39 is 11.7 Å². The number of pyridine rings is 1. The number of likely N-dealkylation sites (N-methyl/N-ethyl adjacent to an activating group) is 1. The number of phenolic OH excluding ortho intramolecular Hbond substituents is 1. The van der Waals surface area contributed by atoms with Gasteiger partial charge in [0, 0.05) is 48.9 Å². The van der Waals surface area contributed by atoms with E-state index in [2.05, 4.69) is 15.9 Å². The molecule has 10 heteroatoms. The van der Waals surface area contributed by atoms with Gasteiger partial charge in [-0.15, -0.1) is 0 Å². The summed E-state index contributed by atoms with van der Waals surface area (Å²) in [5, 5.41) is 27.5. The van der Waals surface area contributed by atoms with E-state index in [1.165, 1.54) is 0 Å². The Balaban J connectivity index is 1.58. The van der Waals surface area contributed by atoms with Crippen molar-refractivity contribution in [3.8, 4) is 28.8 Å². The molecule has 9 nitrogen and oxygen atoms in total. The lowest BCUT2D eigenvalue weighted by Gasteiger charge is -2.43. The molecule has 0 amide bonds. The Kier molecular flexibility index (Phi) is 6.29. The number of aromatic hydroxyl groups is 1. The summed E-state index contributed by atoms with van der Waals surface area (Å²) in [5.74, 6) is 0.117. The molecule has 0 aliphatic carbocycles. The third-order valence-electron chi connectivity index (χ3n) is 8.59. The summed E-state index contributed by atoms with van der Waals surface area (Å²) in [6.45, 7) is 5.97. The van der Waals surface area contributed by atoms with Crippen LogP contribution in [0, 0.1) is 17.1 Å². The van der Waals surface area contributed by atoms with Crippen LogP contribution in [0.15, 0.2) is 61.1 Å². The third-order valence-corrected chi connectivity index (χ3v) is 8.59. The Morgan fingerprint density at radius 3 is 2.63 bits per heavy atom. The molecular formula is C33H31FN8O. The van der Waals surface area contributed by atoms with Gasteiger partial charge in [0.15, 0.2) is 17.5 Å². The van der Waals surface area contributed by atoms with Crippen molar-refractivity contribution in [3.05, 3.63) is 72.4 Å². The predicted octanol–water partition coefficient (Wildman–Crippen LogP) is 5.83. The van der Waals surface area contributed by atoms with Crippen molar-refractivity contribution < 1.29 is 9.50 Å². The highest BCUT2D eigenvalue weighted by Crippen LogP contribution is 2.44. The largest absolute Gasteiger partial charge is 0.508 e. The van der Waals surface area contributed by atoms with Crippen molar-refractivity contribution in [2.24, 2.45) is 0 Å². The summed E-state index contributed by atoms with van der Waals surface area (Å²) in [6.07, 6.45) is 3.61. The van der Waals surface area contributed by atoms with Crippen LogP contribution in [0.25, 0.3) is 49.7 Å². The average molecular weight is 575 g/mol. The first-order chi connectivity index (χ1) is 20.8. The molecule has 1 unspecified atom stereocenters. The SMILES string of the molecule is CCn1ccc(-n2cnc3c(N4CC(N(C)C)C4)nc4c(F)c(-c5cc(O)cc6ccccc56)c(C(C)C#N)cc4c32)n1. The summed E-state index contributed by atoms with van der Waals surface area (Å²) in [4.78, 5) is 14.0. The lowest BCUT2D eigenvalue weighted by Crippen LogP contribution is -2.57. The number of phenols is 1. The van der Waals surface area contributed by atoms with Crippen molar-refractivity contribution in [1.29, 1.82) is 5.26 Å². The number of rotatable bonds is 6. The first-order valence-corrected chi connectivity index (χ1v) is 14.4. The fourth-order valence-corrected chi connectivity index (χ4v) is 6.07. The van der Waals surface area contributed by atoms with Crippen LogP contribution in [0.4, 0.5) is 10.2 Å². The van der Waals surface area contributed by atoms with Crippen LogP contribution >= 0.6 is 0 Å². The number of aromatic nitrogens is 5. The fraction of sp³-hybridized carbons (Fsp3) is 0.273. The zero-order valence-corrected chi connectivity index (χ0v) is 24.5. The fourth-order valence-electron chi connectivity index (χ4n) is 6.07. The minimum absolute atomic E-state index is 0.0211. The molecular weight excluding hydrogens is 543 g/mol. The maximum atomic E-state index is 17.2. The lowest BCUT2D eigenvalue weighted by molar-refractivity contribution is 0.246. The highest BCUT2D eigenvalue weighted by Gasteiger charge is 2.33. The van der Waals surface area contributed by atoms with Gasteiger partial charge in [-0.25, -0.2) is 14.4 Å². The molecule has 216 valence electrons. The number of nitriles is 1. The molecule has 43 heavy (non-hydrogen) atoms. The molecule has 0 bridgehead atoms. The van der Waals surface area contributed by atoms with Crippen LogP contribution in [0.5, 0.6) is 5.75 Å². The molecule has 7 rings (SSSR count). The van der Waals surface area contributed by atoms with E-state index in [9.17, 15) is 10.4 Å². The number of fused-ring (bicyclic) bond motifs is 4. The second-order valence-electron chi connectivity index (χ2n) is 11.4. The zero-order valence-electron chi connectivity index (χ0n) is 24.5. The first kappa shape index (κ1) is 26.9. The molecule has 1 atom stereocenters. The van der Waals surface area contributed by atoms with Crippen molar-refractivity contribution in [3.63, 3.8) is 0 Å². The second kappa shape index (κ2) is 10.1. The zero-order chi connectivity index (χ0) is 30.0. The van der Waals surface area contributed by atoms with Gasteiger partial charge in [-0.05, 0) is 68.0 Å². The smallest absolute Gasteiger partial charge is 0.160 e. The standard InChI is InChI=1S/C33H31FN8O/c1-5-41-11-10-27(38-41)42-18-36-31-32(42)26-14-24(19(2)15-35)28(25-13-22(43)12-20-8-6-7-9-23(20)25)29(34)30(26)37-33(31)40-16-21(17-40)39(3)4/h6-14,18-19,21,43H,5,16-17H2,1-4H3. The Morgan fingerprint density at radius 1 is 1.12 bits per heavy atom. The Hall–Kier alpha value is -5.01. The minimum atomic E-state index is -0.642. The Morgan fingerprint density at radius 2 is 1.91 bits per heavy atom. The Bertz CT molecular complexity index is 2080. The van der Waals surface area contributed by atoms with Crippen molar-refractivity contribution in [2.75, 3.05) is 32.1 Å². The number of imidazole rings is 1. The van der Waals surface area contributed by atoms with Gasteiger partial charge in [-0.1, -0.05) is 24.3 Å². The molecule has 3 aromatic heterocycles. The minimum Gasteiger partial charge on any atom is -0.508 e. The predicted molar refractivity (Wildman–Crippen MR) is 166 cm³/mol. The molecule has 1 aliphatic heterocycles. The van der Waals surface area contributed by atoms with E-state index in [1.54, 1.807) is 25.4 Å². The van der Waals surface area contributed by atoms with Crippen LogP contribution in [-0.4, -0.2) is 67.5 Å². The third kappa shape index (κ3) is 4.19. The molecule has 0 spiro atoms. The van der Waals surface area contributed by atoms with E-state index in [0.717, 1.165) is 23.9 Å². The number of halogens is 1. The maximum absolute atomic E-state index is 17.2. The van der Waals surface area contributed by atoms with E-state index in [0.29, 0.717) is 51.8 Å². The summed E-state index contributed by atoms with van der Waals surface area (Å²) in [6, 6.07) is 17.2. The van der Waals surface area contributed by atoms with Crippen LogP contribution in [0.1, 0.15) is 25.3 Å². The number of hydrogen-bond acceptors (Lipinski definition) is 7. The number of aryl methyl sites for hydroxylation is 1. The first-order valence-electron chi connectivity index (χ1n) is 14.4. The van der Waals surface area contributed by atoms with E-state index in [1.807, 2.05) is 72.9 Å². The van der Waals surface area contributed by atoms with Gasteiger partial charge >= 0.3 is 0 Å². The highest BCUT2D eigenvalue weighted by molar-refractivity contribution is 6.10. The summed E-state index contributed by atoms with van der Waals surface area (Å²) in [7, 11) is 4.10. The van der Waals surface area contributed by atoms with Crippen LogP contribution < -0.4 is 4.90 Å². The van der Waals surface area contributed by atoms with Gasteiger partial charge < -0.3 is 14.9 Å². The number of anilines is 1. The number of hydrogen-bond donors (Lipinski definition) is 1. The van der Waals surface area contributed by atoms with E-state index >= 15 is 4.39 Å². The second-order valence-corrected chi connectivity index (χ2v) is 11.4. The van der Waals surface area contributed by atoms with Gasteiger partial charge in [-0.3, -0.25) is 9.25 Å². The average Bonchev–Trinajstić information content (AvgIpc) is 3.63. The topological polar surface area (TPSA) is 99.0 Å². The number of benzene rings is 3. The monoisotopic (exact) mass is 574 g/mol. The van der Waals surface area contributed by atoms with Crippen LogP contribution in [-0.2, 0) is 6.54 Å². The molecule has 6 aromatic rings. The van der Waals surface area contributed by atoms with E-state index in [-0.39, 0.29) is 16.8 Å². The molecule has 4 heterocycles. The lowest BCUT2D eigenvalue weighted by atomic mass is 9.87. The quantitative estimate of drug-likeness (QED) is 0.267. The summed E-state index contributed by atoms with van der Waals surface area (Å²) >= 11 is 0. The maximum Gasteiger partial charge on any atom is 0.160 e. The normalized spacial score (nSPS) is 14.6. The van der Waals surface area contributed by atoms with Crippen molar-refractivity contribution in [1.82, 2.24) is 29.2 Å². The van der Waals surface area contributed by atoms with Crippen LogP contribution in [0.2, 0.25) is 0 Å². The van der Waals surface area contributed by atoms with Gasteiger partial charge in [0.25, 0.3) is 0 Å². The highest BCUT2D eigenvalue weighted by atomic mass is 19.1. The van der Waals surface area contributed by atoms with Gasteiger partial charge in [0.05, 0.1) is 17.5 Å². The van der Waals surface area contributed by atoms with Gasteiger partial charge in [0.1, 0.15) is 23.1 Å². The van der Waals surface area contributed by atoms with Gasteiger partial charge in [0.2, 0.25) is 0 Å². The molecule has 3 aromatic carbocycles. The molecule has 1 saturated heterocycles. The molecule has 1 fully saturated rings. The molecule has 1 aliphatic rings. The summed E-state index contributed by atoms with van der Waals surface area (Å²) in [5.41, 5.74) is 2.82. The molecule has 1 N–H and O–H groups in total. The molecule has 0 saturated carbocycles. The van der Waals surface area contributed by atoms with Crippen LogP contribution in [0.3, 0.4) is 0 Å².